The Morgan fingerprint density at radius 1 is 0.938 bits per heavy atom. The monoisotopic (exact) mass is 342 g/mol. The van der Waals surface area contributed by atoms with Crippen LogP contribution in [0.3, 0.4) is 0 Å². The van der Waals surface area contributed by atoms with Crippen molar-refractivity contribution in [1.82, 2.24) is 0 Å². The van der Waals surface area contributed by atoms with Gasteiger partial charge < -0.3 is 0 Å². The largest absolute Gasteiger partial charge is 0.126 e. The molecule has 0 N–H and O–H groups in total. The summed E-state index contributed by atoms with van der Waals surface area (Å²) >= 11 is 37.6. The predicted octanol–water partition coefficient (Wildman–Crippen LogP) is 4.53. The molecule has 0 spiro atoms. The molecule has 2 aliphatic carbocycles. The second kappa shape index (κ2) is 4.69. The maximum absolute atomic E-state index is 6.43. The van der Waals surface area contributed by atoms with Gasteiger partial charge in [0.25, 0.3) is 0 Å². The average Bonchev–Trinajstić information content (AvgIpc) is 2.65. The number of rotatable bonds is 3. The first kappa shape index (κ1) is 14.2. The molecule has 6 heteroatoms. The molecule has 0 saturated heterocycles. The number of alkyl halides is 6. The average molecular weight is 345 g/mol. The Labute approximate surface area is 126 Å². The molecule has 0 radical (unpaired) electrons. The normalized spacial score (nSPS) is 49.9. The fourth-order valence-electron chi connectivity index (χ4n) is 3.46. The Morgan fingerprint density at radius 2 is 1.50 bits per heavy atom. The van der Waals surface area contributed by atoms with Gasteiger partial charge in [-0.1, -0.05) is 0 Å². The van der Waals surface area contributed by atoms with Crippen molar-refractivity contribution in [3.8, 4) is 0 Å². The third-order valence-corrected chi connectivity index (χ3v) is 7.82. The van der Waals surface area contributed by atoms with Crippen molar-refractivity contribution in [1.29, 1.82) is 0 Å². The first-order valence-electron chi connectivity index (χ1n) is 5.12. The number of halogens is 6. The molecule has 0 unspecified atom stereocenters. The summed E-state index contributed by atoms with van der Waals surface area (Å²) in [5, 5.41) is -0.497. The van der Waals surface area contributed by atoms with Gasteiger partial charge >= 0.3 is 0 Å². The van der Waals surface area contributed by atoms with E-state index < -0.39 is 5.41 Å². The molecule has 0 amide bonds. The minimum Gasteiger partial charge on any atom is -0.126 e. The molecule has 2 saturated carbocycles. The van der Waals surface area contributed by atoms with E-state index in [1.54, 1.807) is 0 Å². The zero-order valence-corrected chi connectivity index (χ0v) is 12.9. The molecule has 16 heavy (non-hydrogen) atoms. The summed E-state index contributed by atoms with van der Waals surface area (Å²) < 4.78 is 0. The number of hydrogen-bond donors (Lipinski definition) is 0. The minimum atomic E-state index is -0.446. The van der Waals surface area contributed by atoms with Crippen LogP contribution < -0.4 is 0 Å². The maximum Gasteiger partial charge on any atom is 0.0590 e. The second-order valence-electron chi connectivity index (χ2n) is 4.75. The van der Waals surface area contributed by atoms with E-state index in [1.807, 2.05) is 0 Å². The summed E-state index contributed by atoms with van der Waals surface area (Å²) in [6, 6.07) is 0. The highest BCUT2D eigenvalue weighted by Crippen LogP contribution is 2.71. The molecule has 0 nitrogen and oxygen atoms in total. The van der Waals surface area contributed by atoms with Crippen LogP contribution in [-0.2, 0) is 0 Å². The molecule has 2 fully saturated rings. The van der Waals surface area contributed by atoms with Crippen LogP contribution in [0.2, 0.25) is 0 Å². The summed E-state index contributed by atoms with van der Waals surface area (Å²) in [4.78, 5) is 0. The van der Waals surface area contributed by atoms with Crippen molar-refractivity contribution in [2.45, 2.75) is 22.6 Å². The lowest BCUT2D eigenvalue weighted by molar-refractivity contribution is 0.170. The van der Waals surface area contributed by atoms with Crippen molar-refractivity contribution in [3.63, 3.8) is 0 Å². The fraction of sp³-hybridized carbons (Fsp3) is 1.00. The van der Waals surface area contributed by atoms with Gasteiger partial charge in [-0.3, -0.25) is 0 Å². The first-order valence-corrected chi connectivity index (χ1v) is 8.03. The topological polar surface area (TPSA) is 0 Å². The highest BCUT2D eigenvalue weighted by molar-refractivity contribution is 6.34. The van der Waals surface area contributed by atoms with Gasteiger partial charge in [-0.25, -0.2) is 0 Å². The van der Waals surface area contributed by atoms with Crippen LogP contribution in [0.5, 0.6) is 0 Å². The van der Waals surface area contributed by atoms with E-state index in [2.05, 4.69) is 0 Å². The predicted molar refractivity (Wildman–Crippen MR) is 74.1 cm³/mol. The summed E-state index contributed by atoms with van der Waals surface area (Å²) in [7, 11) is 0. The van der Waals surface area contributed by atoms with Crippen molar-refractivity contribution >= 4 is 69.6 Å². The van der Waals surface area contributed by atoms with Gasteiger partial charge in [-0.15, -0.1) is 69.6 Å². The standard InChI is InChI=1S/C10H12Cl6/c11-2-9(3-12)5-1-6(14)10(9,4-13)8(16)7(5)15/h5-8H,1-4H2/t5-,6+,7+,8-,10+/m1/s1. The van der Waals surface area contributed by atoms with E-state index in [9.17, 15) is 0 Å². The van der Waals surface area contributed by atoms with Crippen LogP contribution in [0.1, 0.15) is 6.42 Å². The molecule has 0 heterocycles. The minimum absolute atomic E-state index is 0.0926. The quantitative estimate of drug-likeness (QED) is 0.660. The van der Waals surface area contributed by atoms with Gasteiger partial charge in [0.2, 0.25) is 0 Å². The Morgan fingerprint density at radius 3 is 1.88 bits per heavy atom. The van der Waals surface area contributed by atoms with Gasteiger partial charge in [-0.2, -0.15) is 0 Å². The number of fused-ring (bicyclic) bond motifs is 2. The SMILES string of the molecule is ClCC1(CCl)[C@@H]2C[C@H](Cl)[C@@]1(CCl)[C@H](Cl)[C@H]2Cl. The van der Waals surface area contributed by atoms with Gasteiger partial charge in [0, 0.05) is 33.8 Å². The summed E-state index contributed by atoms with van der Waals surface area (Å²) in [6.07, 6.45) is 0.797. The Hall–Kier alpha value is 1.74. The first-order chi connectivity index (χ1) is 7.51. The maximum atomic E-state index is 6.43. The second-order valence-corrected chi connectivity index (χ2v) is 7.06. The molecule has 5 atom stereocenters. The third kappa shape index (κ3) is 1.38. The van der Waals surface area contributed by atoms with Crippen LogP contribution in [0.4, 0.5) is 0 Å². The van der Waals surface area contributed by atoms with Crippen LogP contribution in [0.15, 0.2) is 0 Å². The van der Waals surface area contributed by atoms with Gasteiger partial charge in [0.05, 0.1) is 10.8 Å². The van der Waals surface area contributed by atoms with Gasteiger partial charge in [-0.05, 0) is 12.3 Å². The van der Waals surface area contributed by atoms with Crippen LogP contribution in [-0.4, -0.2) is 33.8 Å². The van der Waals surface area contributed by atoms with Crippen LogP contribution >= 0.6 is 69.6 Å². The molecule has 0 aromatic heterocycles. The Kier molecular flexibility index (Phi) is 4.15. The molecule has 94 valence electrons. The van der Waals surface area contributed by atoms with E-state index in [4.69, 9.17) is 69.6 Å². The summed E-state index contributed by atoms with van der Waals surface area (Å²) in [6.45, 7) is 0. The molecule has 0 aromatic carbocycles. The van der Waals surface area contributed by atoms with Crippen molar-refractivity contribution in [3.05, 3.63) is 0 Å². The Bertz CT molecular complexity index is 278. The third-order valence-electron chi connectivity index (χ3n) is 4.51. The zero-order valence-electron chi connectivity index (χ0n) is 8.41. The highest BCUT2D eigenvalue weighted by atomic mass is 35.5. The molecule has 2 bridgehead atoms. The summed E-state index contributed by atoms with van der Waals surface area (Å²) in [5.41, 5.74) is -0.776. The van der Waals surface area contributed by atoms with E-state index >= 15 is 0 Å². The van der Waals surface area contributed by atoms with Crippen LogP contribution in [0, 0.1) is 16.7 Å². The lowest BCUT2D eigenvalue weighted by Gasteiger charge is -2.43. The molecule has 0 aliphatic heterocycles. The summed E-state index contributed by atoms with van der Waals surface area (Å²) in [5.74, 6) is 1.33. The smallest absolute Gasteiger partial charge is 0.0590 e. The van der Waals surface area contributed by atoms with E-state index in [-0.39, 0.29) is 27.5 Å². The van der Waals surface area contributed by atoms with Gasteiger partial charge in [0.15, 0.2) is 0 Å². The fourth-order valence-corrected chi connectivity index (χ4v) is 7.29. The van der Waals surface area contributed by atoms with E-state index in [1.165, 1.54) is 0 Å². The number of hydrogen-bond acceptors (Lipinski definition) is 0. The van der Waals surface area contributed by atoms with Crippen LogP contribution in [0.25, 0.3) is 0 Å². The lowest BCUT2D eigenvalue weighted by Crippen LogP contribution is -2.49. The van der Waals surface area contributed by atoms with Crippen molar-refractivity contribution in [2.24, 2.45) is 16.7 Å². The molecular formula is C10H12Cl6. The zero-order chi connectivity index (χ0) is 12.1. The molecule has 2 rings (SSSR count). The van der Waals surface area contributed by atoms with Gasteiger partial charge in [0.1, 0.15) is 0 Å². The highest BCUT2D eigenvalue weighted by Gasteiger charge is 2.74. The van der Waals surface area contributed by atoms with Crippen molar-refractivity contribution < 1.29 is 0 Å². The molecule has 2 aliphatic rings. The Balaban J connectivity index is 2.54. The van der Waals surface area contributed by atoms with E-state index in [0.717, 1.165) is 6.42 Å². The molecular weight excluding hydrogens is 333 g/mol. The lowest BCUT2D eigenvalue weighted by atomic mass is 9.70. The van der Waals surface area contributed by atoms with Crippen molar-refractivity contribution in [2.75, 3.05) is 17.6 Å². The van der Waals surface area contributed by atoms with E-state index in [0.29, 0.717) is 17.6 Å². The molecule has 0 aromatic rings.